The molecule has 0 bridgehead atoms. The number of carbonyl (C=O) groups is 2. The third-order valence-electron chi connectivity index (χ3n) is 4.92. The maximum absolute atomic E-state index is 13.1. The summed E-state index contributed by atoms with van der Waals surface area (Å²) < 4.78 is 14.2. The van der Waals surface area contributed by atoms with Crippen molar-refractivity contribution in [2.45, 2.75) is 33.7 Å². The van der Waals surface area contributed by atoms with Gasteiger partial charge in [0.15, 0.2) is 0 Å². The lowest BCUT2D eigenvalue weighted by molar-refractivity contribution is -0.119. The van der Waals surface area contributed by atoms with Gasteiger partial charge in [0, 0.05) is 17.2 Å². The Morgan fingerprint density at radius 1 is 0.938 bits per heavy atom. The number of hydrogen-bond donors (Lipinski definition) is 2. The Kier molecular flexibility index (Phi) is 6.82. The first-order valence-electron chi connectivity index (χ1n) is 10.2. The molecule has 0 aliphatic carbocycles. The molecule has 0 saturated carbocycles. The van der Waals surface area contributed by atoms with Crippen molar-refractivity contribution in [3.8, 4) is 11.3 Å². The second-order valence-corrected chi connectivity index (χ2v) is 7.88. The maximum Gasteiger partial charge on any atom is 0.291 e. The SMILES string of the molecule is Cc1ccc(-c2cc(NC(=O)C(C)C)c(=O)n(C(C)C(=O)Nc3ccc(F)cc3)n2)cc1. The van der Waals surface area contributed by atoms with Crippen LogP contribution in [0.15, 0.2) is 59.4 Å². The fraction of sp³-hybridized carbons (Fsp3) is 0.250. The Morgan fingerprint density at radius 2 is 1.56 bits per heavy atom. The zero-order chi connectivity index (χ0) is 23.4. The van der Waals surface area contributed by atoms with E-state index >= 15 is 0 Å². The van der Waals surface area contributed by atoms with Crippen LogP contribution in [0.5, 0.6) is 0 Å². The summed E-state index contributed by atoms with van der Waals surface area (Å²) in [5.74, 6) is -1.59. The third kappa shape index (κ3) is 5.26. The van der Waals surface area contributed by atoms with Gasteiger partial charge in [-0.15, -0.1) is 0 Å². The van der Waals surface area contributed by atoms with Gasteiger partial charge in [-0.05, 0) is 44.2 Å². The van der Waals surface area contributed by atoms with E-state index in [9.17, 15) is 18.8 Å². The van der Waals surface area contributed by atoms with Gasteiger partial charge in [0.1, 0.15) is 17.5 Å². The smallest absolute Gasteiger partial charge is 0.291 e. The predicted molar refractivity (Wildman–Crippen MR) is 122 cm³/mol. The predicted octanol–water partition coefficient (Wildman–Crippen LogP) is 4.15. The fourth-order valence-corrected chi connectivity index (χ4v) is 2.90. The summed E-state index contributed by atoms with van der Waals surface area (Å²) in [6.07, 6.45) is 0. The number of nitrogens with one attached hydrogen (secondary N) is 2. The molecule has 166 valence electrons. The summed E-state index contributed by atoms with van der Waals surface area (Å²) >= 11 is 0. The van der Waals surface area contributed by atoms with Crippen molar-refractivity contribution < 1.29 is 14.0 Å². The minimum absolute atomic E-state index is 0.0377. The zero-order valence-corrected chi connectivity index (χ0v) is 18.3. The highest BCUT2D eigenvalue weighted by Gasteiger charge is 2.22. The van der Waals surface area contributed by atoms with Crippen molar-refractivity contribution in [3.63, 3.8) is 0 Å². The molecule has 1 aromatic heterocycles. The number of benzene rings is 2. The van der Waals surface area contributed by atoms with E-state index < -0.39 is 23.3 Å². The summed E-state index contributed by atoms with van der Waals surface area (Å²) in [6.45, 7) is 6.91. The molecular weight excluding hydrogens is 411 g/mol. The fourth-order valence-electron chi connectivity index (χ4n) is 2.90. The molecule has 32 heavy (non-hydrogen) atoms. The number of amides is 2. The molecule has 0 aliphatic heterocycles. The molecule has 0 aliphatic rings. The number of anilines is 2. The minimum Gasteiger partial charge on any atom is -0.324 e. The van der Waals surface area contributed by atoms with Gasteiger partial charge in [0.05, 0.1) is 5.69 Å². The Morgan fingerprint density at radius 3 is 2.16 bits per heavy atom. The van der Waals surface area contributed by atoms with Crippen LogP contribution in [-0.2, 0) is 9.59 Å². The molecule has 8 heteroatoms. The lowest BCUT2D eigenvalue weighted by atomic mass is 10.1. The molecule has 0 saturated heterocycles. The maximum atomic E-state index is 13.1. The monoisotopic (exact) mass is 436 g/mol. The Bertz CT molecular complexity index is 1190. The van der Waals surface area contributed by atoms with E-state index in [1.54, 1.807) is 13.8 Å². The van der Waals surface area contributed by atoms with E-state index in [0.29, 0.717) is 11.4 Å². The minimum atomic E-state index is -0.993. The number of aryl methyl sites for hydroxylation is 1. The van der Waals surface area contributed by atoms with Gasteiger partial charge in [-0.25, -0.2) is 9.07 Å². The lowest BCUT2D eigenvalue weighted by Crippen LogP contribution is -2.36. The van der Waals surface area contributed by atoms with E-state index in [1.165, 1.54) is 37.3 Å². The van der Waals surface area contributed by atoms with E-state index in [0.717, 1.165) is 15.8 Å². The number of halogens is 1. The quantitative estimate of drug-likeness (QED) is 0.607. The summed E-state index contributed by atoms with van der Waals surface area (Å²) in [4.78, 5) is 38.1. The highest BCUT2D eigenvalue weighted by Crippen LogP contribution is 2.21. The van der Waals surface area contributed by atoms with Gasteiger partial charge in [-0.2, -0.15) is 5.10 Å². The van der Waals surface area contributed by atoms with Crippen LogP contribution in [0.1, 0.15) is 32.4 Å². The van der Waals surface area contributed by atoms with Gasteiger partial charge in [0.2, 0.25) is 11.8 Å². The molecule has 0 radical (unpaired) electrons. The number of hydrogen-bond acceptors (Lipinski definition) is 4. The summed E-state index contributed by atoms with van der Waals surface area (Å²) in [6, 6.07) is 13.3. The van der Waals surface area contributed by atoms with Crippen molar-refractivity contribution in [3.05, 3.63) is 76.3 Å². The Balaban J connectivity index is 2.01. The lowest BCUT2D eigenvalue weighted by Gasteiger charge is -2.17. The Labute approximate surface area is 185 Å². The van der Waals surface area contributed by atoms with E-state index in [-0.39, 0.29) is 17.5 Å². The van der Waals surface area contributed by atoms with Gasteiger partial charge in [0.25, 0.3) is 5.56 Å². The molecule has 0 spiro atoms. The van der Waals surface area contributed by atoms with Crippen molar-refractivity contribution in [1.82, 2.24) is 9.78 Å². The highest BCUT2D eigenvalue weighted by molar-refractivity contribution is 5.94. The summed E-state index contributed by atoms with van der Waals surface area (Å²) in [5, 5.41) is 9.68. The largest absolute Gasteiger partial charge is 0.324 e. The van der Waals surface area contributed by atoms with E-state index in [4.69, 9.17) is 0 Å². The van der Waals surface area contributed by atoms with Crippen LogP contribution in [0.4, 0.5) is 15.8 Å². The van der Waals surface area contributed by atoms with Crippen LogP contribution >= 0.6 is 0 Å². The number of rotatable bonds is 6. The summed E-state index contributed by atoms with van der Waals surface area (Å²) in [5.41, 5.74) is 2.05. The van der Waals surface area contributed by atoms with E-state index in [1.807, 2.05) is 31.2 Å². The van der Waals surface area contributed by atoms with Gasteiger partial charge < -0.3 is 10.6 Å². The molecule has 2 aromatic carbocycles. The van der Waals surface area contributed by atoms with Crippen LogP contribution in [-0.4, -0.2) is 21.6 Å². The number of nitrogens with zero attached hydrogens (tertiary/aromatic N) is 2. The number of carbonyl (C=O) groups excluding carboxylic acids is 2. The molecule has 2 amide bonds. The molecule has 3 rings (SSSR count). The van der Waals surface area contributed by atoms with Gasteiger partial charge in [-0.1, -0.05) is 43.7 Å². The average Bonchev–Trinajstić information content (AvgIpc) is 2.76. The molecular formula is C24H25FN4O3. The Hall–Kier alpha value is -3.81. The zero-order valence-electron chi connectivity index (χ0n) is 18.3. The van der Waals surface area contributed by atoms with Crippen molar-refractivity contribution in [2.24, 2.45) is 5.92 Å². The molecule has 1 atom stereocenters. The molecule has 3 aromatic rings. The van der Waals surface area contributed by atoms with E-state index in [2.05, 4.69) is 15.7 Å². The van der Waals surface area contributed by atoms with Crippen LogP contribution in [0.25, 0.3) is 11.3 Å². The van der Waals surface area contributed by atoms with Crippen molar-refractivity contribution >= 4 is 23.2 Å². The standard InChI is InChI=1S/C24H25FN4O3/c1-14(2)22(30)27-21-13-20(17-7-5-15(3)6-8-17)28-29(24(21)32)16(4)23(31)26-19-11-9-18(25)10-12-19/h5-14,16H,1-4H3,(H,26,31)(H,27,30). The van der Waals surface area contributed by atoms with Crippen LogP contribution in [0.3, 0.4) is 0 Å². The molecule has 1 heterocycles. The highest BCUT2D eigenvalue weighted by atomic mass is 19.1. The second kappa shape index (κ2) is 9.55. The van der Waals surface area contributed by atoms with Gasteiger partial charge in [-0.3, -0.25) is 14.4 Å². The van der Waals surface area contributed by atoms with Gasteiger partial charge >= 0.3 is 0 Å². The third-order valence-corrected chi connectivity index (χ3v) is 4.92. The van der Waals surface area contributed by atoms with Crippen molar-refractivity contribution in [1.29, 1.82) is 0 Å². The first kappa shape index (κ1) is 22.9. The van der Waals surface area contributed by atoms with Crippen LogP contribution < -0.4 is 16.2 Å². The van der Waals surface area contributed by atoms with Crippen LogP contribution in [0, 0.1) is 18.7 Å². The second-order valence-electron chi connectivity index (χ2n) is 7.88. The molecule has 1 unspecified atom stereocenters. The van der Waals surface area contributed by atoms with Crippen LogP contribution in [0.2, 0.25) is 0 Å². The molecule has 2 N–H and O–H groups in total. The molecule has 0 fully saturated rings. The normalized spacial score (nSPS) is 11.8. The average molecular weight is 436 g/mol. The van der Waals surface area contributed by atoms with Crippen molar-refractivity contribution in [2.75, 3.05) is 10.6 Å². The first-order valence-corrected chi connectivity index (χ1v) is 10.2. The first-order chi connectivity index (χ1) is 15.2. The number of aromatic nitrogens is 2. The topological polar surface area (TPSA) is 93.1 Å². The molecule has 7 nitrogen and oxygen atoms in total. The summed E-state index contributed by atoms with van der Waals surface area (Å²) in [7, 11) is 0.